The summed E-state index contributed by atoms with van der Waals surface area (Å²) in [5.41, 5.74) is -1.36. The molecule has 0 saturated heterocycles. The van der Waals surface area contributed by atoms with Crippen LogP contribution < -0.4 is 5.11 Å². The molecular weight excluding hydrogens is 384 g/mol. The van der Waals surface area contributed by atoms with Crippen LogP contribution in [-0.4, -0.2) is 58.4 Å². The minimum absolute atomic E-state index is 0. The van der Waals surface area contributed by atoms with Crippen LogP contribution in [0.25, 0.3) is 0 Å². The van der Waals surface area contributed by atoms with Crippen molar-refractivity contribution in [3.05, 3.63) is 39.9 Å². The van der Waals surface area contributed by atoms with Crippen LogP contribution in [0.2, 0.25) is 0 Å². The number of carbonyl (C=O) groups excluding carboxylic acids is 2. The quantitative estimate of drug-likeness (QED) is 0.278. The number of carbonyl (C=O) groups is 2. The first-order chi connectivity index (χ1) is 11.4. The number of carboxylic acids is 1. The number of ketones is 1. The molecule has 0 amide bonds. The number of nitro benzene ring substituents is 1. The summed E-state index contributed by atoms with van der Waals surface area (Å²) in [5.74, 6) is -1.81. The van der Waals surface area contributed by atoms with Gasteiger partial charge in [-0.15, -0.1) is 12.4 Å². The van der Waals surface area contributed by atoms with E-state index in [1.165, 1.54) is 23.9 Å². The lowest BCUT2D eigenvalue weighted by atomic mass is 9.93. The molecule has 0 aliphatic heterocycles. The molecule has 0 radical (unpaired) electrons. The number of hydrogen-bond acceptors (Lipinski definition) is 7. The molecule has 146 valence electrons. The van der Waals surface area contributed by atoms with Gasteiger partial charge in [-0.05, 0) is 12.5 Å². The zero-order valence-electron chi connectivity index (χ0n) is 15.0. The number of non-ortho nitro benzene ring substituents is 1. The first-order valence-corrected chi connectivity index (χ1v) is 8.52. The highest BCUT2D eigenvalue weighted by Crippen LogP contribution is 2.34. The Hall–Kier alpha value is -1.68. The molecule has 2 unspecified atom stereocenters. The zero-order valence-corrected chi connectivity index (χ0v) is 16.6. The predicted octanol–water partition coefficient (Wildman–Crippen LogP) is 0.742. The number of rotatable bonds is 9. The standard InChI is InChI=1S/C16H22N2O6S.ClH/c1-11(19)16(22,9-14(20)21)15(18(2,3)4)25-10-12-5-7-13(8-6-12)17(23)24;/h5-8,15,22H,9-10H2,1-4H3;1H. The fourth-order valence-corrected chi connectivity index (χ4v) is 4.01. The van der Waals surface area contributed by atoms with Crippen molar-refractivity contribution in [1.82, 2.24) is 0 Å². The number of benzene rings is 1. The van der Waals surface area contributed by atoms with Crippen molar-refractivity contribution in [2.24, 2.45) is 0 Å². The number of likely N-dealkylation sites (N-methyl/N-ethyl adjacent to an activating group) is 1. The number of Topliss-reactive ketones (excluding diaryl/α,β-unsaturated/α-hetero) is 1. The lowest BCUT2D eigenvalue weighted by molar-refractivity contribution is -0.886. The van der Waals surface area contributed by atoms with Gasteiger partial charge in [0.25, 0.3) is 5.69 Å². The van der Waals surface area contributed by atoms with Gasteiger partial charge in [-0.25, -0.2) is 0 Å². The molecule has 0 saturated carbocycles. The number of carboxylic acid groups (broad SMARTS) is 1. The average molecular weight is 407 g/mol. The minimum atomic E-state index is -2.08. The fourth-order valence-electron chi connectivity index (χ4n) is 2.50. The maximum Gasteiger partial charge on any atom is 0.269 e. The summed E-state index contributed by atoms with van der Waals surface area (Å²) in [6, 6.07) is 5.91. The molecule has 0 aliphatic rings. The molecule has 26 heavy (non-hydrogen) atoms. The topological polar surface area (TPSA) is 121 Å². The molecule has 0 aromatic heterocycles. The van der Waals surface area contributed by atoms with Crippen molar-refractivity contribution in [2.75, 3.05) is 21.1 Å². The first kappa shape index (κ1) is 24.3. The van der Waals surface area contributed by atoms with E-state index in [1.54, 1.807) is 33.3 Å². The maximum absolute atomic E-state index is 12.0. The lowest BCUT2D eigenvalue weighted by Crippen LogP contribution is -2.61. The number of thioether (sulfide) groups is 1. The Morgan fingerprint density at radius 3 is 2.12 bits per heavy atom. The third kappa shape index (κ3) is 6.24. The van der Waals surface area contributed by atoms with Gasteiger partial charge in [-0.1, -0.05) is 23.9 Å². The zero-order chi connectivity index (χ0) is 19.4. The van der Waals surface area contributed by atoms with Crippen LogP contribution in [0.4, 0.5) is 5.69 Å². The second-order valence-corrected chi connectivity index (χ2v) is 7.80. The number of aliphatic hydroxyl groups is 1. The molecule has 2 atom stereocenters. The molecule has 0 spiro atoms. The Morgan fingerprint density at radius 2 is 1.77 bits per heavy atom. The van der Waals surface area contributed by atoms with Crippen molar-refractivity contribution in [3.8, 4) is 0 Å². The summed E-state index contributed by atoms with van der Waals surface area (Å²) in [5, 5.41) is 31.7. The van der Waals surface area contributed by atoms with Gasteiger partial charge in [0.15, 0.2) is 16.8 Å². The van der Waals surface area contributed by atoms with E-state index in [9.17, 15) is 29.9 Å². The molecule has 1 aromatic carbocycles. The molecule has 0 aliphatic carbocycles. The third-order valence-electron chi connectivity index (χ3n) is 3.69. The van der Waals surface area contributed by atoms with Gasteiger partial charge in [0, 0.05) is 30.3 Å². The largest absolute Gasteiger partial charge is 0.550 e. The summed E-state index contributed by atoms with van der Waals surface area (Å²) in [4.78, 5) is 33.2. The lowest BCUT2D eigenvalue weighted by Gasteiger charge is -2.42. The van der Waals surface area contributed by atoms with Gasteiger partial charge in [-0.2, -0.15) is 0 Å². The summed E-state index contributed by atoms with van der Waals surface area (Å²) < 4.78 is 0.140. The Morgan fingerprint density at radius 1 is 1.27 bits per heavy atom. The second kappa shape index (κ2) is 9.31. The van der Waals surface area contributed by atoms with E-state index in [2.05, 4.69) is 0 Å². The summed E-state index contributed by atoms with van der Waals surface area (Å²) in [7, 11) is 5.24. The van der Waals surface area contributed by atoms with Crippen LogP contribution in [-0.2, 0) is 15.3 Å². The van der Waals surface area contributed by atoms with E-state index in [0.717, 1.165) is 12.5 Å². The van der Waals surface area contributed by atoms with Crippen molar-refractivity contribution in [3.63, 3.8) is 0 Å². The Labute approximate surface area is 162 Å². The number of nitro groups is 1. The monoisotopic (exact) mass is 406 g/mol. The van der Waals surface area contributed by atoms with Gasteiger partial charge >= 0.3 is 0 Å². The van der Waals surface area contributed by atoms with E-state index >= 15 is 0 Å². The van der Waals surface area contributed by atoms with Gasteiger partial charge in [0.05, 0.1) is 26.1 Å². The van der Waals surface area contributed by atoms with Crippen molar-refractivity contribution in [1.29, 1.82) is 0 Å². The highest BCUT2D eigenvalue weighted by molar-refractivity contribution is 7.99. The molecule has 8 nitrogen and oxygen atoms in total. The van der Waals surface area contributed by atoms with E-state index in [-0.39, 0.29) is 22.6 Å². The third-order valence-corrected chi connectivity index (χ3v) is 5.53. The normalized spacial score (nSPS) is 14.7. The van der Waals surface area contributed by atoms with E-state index in [4.69, 9.17) is 0 Å². The first-order valence-electron chi connectivity index (χ1n) is 7.47. The smallest absolute Gasteiger partial charge is 0.269 e. The Bertz CT molecular complexity index is 662. The molecule has 10 heteroatoms. The van der Waals surface area contributed by atoms with Crippen LogP contribution in [0, 0.1) is 10.1 Å². The summed E-state index contributed by atoms with van der Waals surface area (Å²) in [6.45, 7) is 1.15. The minimum Gasteiger partial charge on any atom is -0.550 e. The fraction of sp³-hybridized carbons (Fsp3) is 0.500. The number of hydrogen-bond donors (Lipinski definition) is 1. The van der Waals surface area contributed by atoms with E-state index in [1.807, 2.05) is 0 Å². The van der Waals surface area contributed by atoms with Crippen molar-refractivity contribution in [2.45, 2.75) is 30.1 Å². The molecule has 1 rings (SSSR count). The van der Waals surface area contributed by atoms with Gasteiger partial charge in [0.2, 0.25) is 0 Å². The van der Waals surface area contributed by atoms with Crippen molar-refractivity contribution < 1.29 is 29.2 Å². The average Bonchev–Trinajstić information content (AvgIpc) is 2.45. The number of aliphatic carboxylic acids is 1. The van der Waals surface area contributed by atoms with Crippen LogP contribution in [0.1, 0.15) is 18.9 Å². The molecule has 1 N–H and O–H groups in total. The van der Waals surface area contributed by atoms with Gasteiger partial charge < -0.3 is 19.5 Å². The second-order valence-electron chi connectivity index (χ2n) is 6.73. The van der Waals surface area contributed by atoms with Crippen molar-refractivity contribution >= 4 is 41.6 Å². The maximum atomic E-state index is 12.0. The predicted molar refractivity (Wildman–Crippen MR) is 98.7 cm³/mol. The summed E-state index contributed by atoms with van der Waals surface area (Å²) in [6.07, 6.45) is -0.796. The molecular formula is C16H23ClN2O6S. The molecule has 0 bridgehead atoms. The molecule has 0 heterocycles. The van der Waals surface area contributed by atoms with Gasteiger partial charge in [0.1, 0.15) is 0 Å². The number of quaternary nitrogens is 1. The van der Waals surface area contributed by atoms with E-state index < -0.39 is 34.1 Å². The van der Waals surface area contributed by atoms with Gasteiger partial charge in [-0.3, -0.25) is 14.9 Å². The summed E-state index contributed by atoms with van der Waals surface area (Å²) >= 11 is 1.21. The highest BCUT2D eigenvalue weighted by Gasteiger charge is 2.49. The SMILES string of the molecule is CC(=O)C(O)(CC(=O)[O-])C(SCc1ccc([N+](=O)[O-])cc1)[N+](C)(C)C.Cl. The van der Waals surface area contributed by atoms with Crippen LogP contribution in [0.15, 0.2) is 24.3 Å². The molecule has 1 aromatic rings. The number of halogens is 1. The van der Waals surface area contributed by atoms with Crippen LogP contribution >= 0.6 is 24.2 Å². The Kier molecular flexibility index (Phi) is 8.71. The molecule has 0 fully saturated rings. The van der Waals surface area contributed by atoms with Crippen LogP contribution in [0.3, 0.4) is 0 Å². The van der Waals surface area contributed by atoms with Crippen LogP contribution in [0.5, 0.6) is 0 Å². The Balaban J connectivity index is 0.00000625. The highest BCUT2D eigenvalue weighted by atomic mass is 35.5. The van der Waals surface area contributed by atoms with E-state index in [0.29, 0.717) is 5.75 Å². The number of nitrogens with zero attached hydrogens (tertiary/aromatic N) is 2.